The van der Waals surface area contributed by atoms with Crippen molar-refractivity contribution in [1.29, 1.82) is 0 Å². The molecule has 1 aromatic carbocycles. The summed E-state index contributed by atoms with van der Waals surface area (Å²) in [6.07, 6.45) is -1.60. The number of halogens is 2. The molecule has 0 unspecified atom stereocenters. The highest BCUT2D eigenvalue weighted by Crippen LogP contribution is 2.24. The van der Waals surface area contributed by atoms with Gasteiger partial charge in [-0.05, 0) is 32.1 Å². The number of alkyl halides is 2. The summed E-state index contributed by atoms with van der Waals surface area (Å²) in [5, 5.41) is 2.69. The van der Waals surface area contributed by atoms with Gasteiger partial charge in [0, 0.05) is 12.5 Å². The van der Waals surface area contributed by atoms with Gasteiger partial charge in [-0.3, -0.25) is 4.79 Å². The molecule has 1 amide bonds. The minimum Gasteiger partial charge on any atom is -0.497 e. The first-order chi connectivity index (χ1) is 9.92. The smallest absolute Gasteiger partial charge is 0.251 e. The number of nitrogens with zero attached hydrogens (tertiary/aromatic N) is 1. The predicted octanol–water partition coefficient (Wildman–Crippen LogP) is 2.19. The highest BCUT2D eigenvalue weighted by atomic mass is 19.3. The van der Waals surface area contributed by atoms with E-state index in [2.05, 4.69) is 5.32 Å². The summed E-state index contributed by atoms with van der Waals surface area (Å²) in [4.78, 5) is 13.3. The number of nitrogens with two attached hydrogens (primary N) is 1. The van der Waals surface area contributed by atoms with Gasteiger partial charge in [-0.25, -0.2) is 8.78 Å². The largest absolute Gasteiger partial charge is 0.497 e. The first-order valence-electron chi connectivity index (χ1n) is 6.62. The maximum Gasteiger partial charge on any atom is 0.251 e. The van der Waals surface area contributed by atoms with Crippen molar-refractivity contribution < 1.29 is 18.3 Å². The summed E-state index contributed by atoms with van der Waals surface area (Å²) in [6, 6.07) is 4.98. The predicted molar refractivity (Wildman–Crippen MR) is 78.8 cm³/mol. The van der Waals surface area contributed by atoms with Crippen LogP contribution < -0.4 is 15.8 Å². The zero-order valence-corrected chi connectivity index (χ0v) is 12.2. The number of methoxy groups -OCH3 is 1. The third-order valence-corrected chi connectivity index (χ3v) is 2.93. The molecule has 0 bridgehead atoms. The monoisotopic (exact) mass is 301 g/mol. The molecule has 0 spiro atoms. The fourth-order valence-corrected chi connectivity index (χ4v) is 1.83. The maximum absolute atomic E-state index is 12.1. The average molecular weight is 301 g/mol. The Labute approximate surface area is 123 Å². The number of carbonyl (C=O) groups excluding carboxylic acids is 1. The van der Waals surface area contributed by atoms with E-state index in [1.165, 1.54) is 12.0 Å². The van der Waals surface area contributed by atoms with Gasteiger partial charge in [0.15, 0.2) is 0 Å². The van der Waals surface area contributed by atoms with E-state index >= 15 is 0 Å². The van der Waals surface area contributed by atoms with Gasteiger partial charge in [-0.15, -0.1) is 0 Å². The van der Waals surface area contributed by atoms with E-state index in [0.29, 0.717) is 30.1 Å². The van der Waals surface area contributed by atoms with Crippen molar-refractivity contribution in [2.45, 2.75) is 19.3 Å². The molecular formula is C14H21F2N3O2. The van der Waals surface area contributed by atoms with Crippen LogP contribution in [0.1, 0.15) is 12.8 Å². The first kappa shape index (κ1) is 17.2. The zero-order chi connectivity index (χ0) is 15.8. The van der Waals surface area contributed by atoms with Crippen molar-refractivity contribution in [3.8, 4) is 5.75 Å². The number of hydrogen-bond donors (Lipinski definition) is 2. The van der Waals surface area contributed by atoms with Crippen LogP contribution in [0.15, 0.2) is 18.2 Å². The van der Waals surface area contributed by atoms with E-state index in [1.54, 1.807) is 25.2 Å². The molecule has 21 heavy (non-hydrogen) atoms. The summed E-state index contributed by atoms with van der Waals surface area (Å²) in [7, 11) is 3.13. The van der Waals surface area contributed by atoms with Crippen LogP contribution in [0.5, 0.6) is 5.75 Å². The van der Waals surface area contributed by atoms with Crippen molar-refractivity contribution in [3.05, 3.63) is 18.2 Å². The number of benzene rings is 1. The second-order valence-electron chi connectivity index (χ2n) is 4.76. The summed E-state index contributed by atoms with van der Waals surface area (Å²) < 4.78 is 29.3. The Morgan fingerprint density at radius 3 is 2.76 bits per heavy atom. The number of nitrogens with one attached hydrogen (secondary N) is 1. The van der Waals surface area contributed by atoms with Crippen LogP contribution in [-0.4, -0.2) is 44.5 Å². The Kier molecular flexibility index (Phi) is 6.87. The molecule has 0 aliphatic heterocycles. The van der Waals surface area contributed by atoms with Crippen LogP contribution in [-0.2, 0) is 4.79 Å². The van der Waals surface area contributed by atoms with Gasteiger partial charge in [-0.2, -0.15) is 0 Å². The summed E-state index contributed by atoms with van der Waals surface area (Å²) in [5.41, 5.74) is 6.72. The van der Waals surface area contributed by atoms with Crippen LogP contribution in [0.25, 0.3) is 0 Å². The van der Waals surface area contributed by atoms with Gasteiger partial charge in [0.25, 0.3) is 6.43 Å². The molecule has 0 saturated carbocycles. The molecule has 5 nitrogen and oxygen atoms in total. The summed E-state index contributed by atoms with van der Waals surface area (Å²) >= 11 is 0. The number of ether oxygens (including phenoxy) is 1. The standard InChI is InChI=1S/C14H21F2N3O2/c1-19(9-13(15)16)7-3-4-14(20)18-12-6-5-10(21-2)8-11(12)17/h5-6,8,13H,3-4,7,9,17H2,1-2H3,(H,18,20). The lowest BCUT2D eigenvalue weighted by molar-refractivity contribution is -0.116. The molecule has 0 heterocycles. The van der Waals surface area contributed by atoms with Crippen LogP contribution in [0.3, 0.4) is 0 Å². The molecule has 1 rings (SSSR count). The van der Waals surface area contributed by atoms with Crippen molar-refractivity contribution in [3.63, 3.8) is 0 Å². The van der Waals surface area contributed by atoms with E-state index in [-0.39, 0.29) is 18.9 Å². The Morgan fingerprint density at radius 2 is 2.19 bits per heavy atom. The molecule has 0 aliphatic rings. The van der Waals surface area contributed by atoms with Crippen LogP contribution in [0.4, 0.5) is 20.2 Å². The lowest BCUT2D eigenvalue weighted by Crippen LogP contribution is -2.26. The number of carbonyl (C=O) groups is 1. The lowest BCUT2D eigenvalue weighted by atomic mass is 10.2. The molecule has 0 aliphatic carbocycles. The highest BCUT2D eigenvalue weighted by molar-refractivity contribution is 5.93. The minimum absolute atomic E-state index is 0.197. The fraction of sp³-hybridized carbons (Fsp3) is 0.500. The van der Waals surface area contributed by atoms with Crippen LogP contribution >= 0.6 is 0 Å². The Hall–Kier alpha value is -1.89. The molecular weight excluding hydrogens is 280 g/mol. The SMILES string of the molecule is COc1ccc(NC(=O)CCCN(C)CC(F)F)c(N)c1. The van der Waals surface area contributed by atoms with E-state index in [1.807, 2.05) is 0 Å². The van der Waals surface area contributed by atoms with Gasteiger partial charge < -0.3 is 20.7 Å². The number of hydrogen-bond acceptors (Lipinski definition) is 4. The van der Waals surface area contributed by atoms with Crippen molar-refractivity contribution in [2.24, 2.45) is 0 Å². The normalized spacial score (nSPS) is 11.0. The Balaban J connectivity index is 2.37. The highest BCUT2D eigenvalue weighted by Gasteiger charge is 2.09. The molecule has 7 heteroatoms. The van der Waals surface area contributed by atoms with Crippen molar-refractivity contribution in [1.82, 2.24) is 4.90 Å². The molecule has 0 aromatic heterocycles. The zero-order valence-electron chi connectivity index (χ0n) is 12.2. The van der Waals surface area contributed by atoms with Gasteiger partial charge in [0.2, 0.25) is 5.91 Å². The van der Waals surface area contributed by atoms with E-state index < -0.39 is 6.43 Å². The Bertz CT molecular complexity index is 470. The molecule has 0 atom stereocenters. The van der Waals surface area contributed by atoms with Crippen molar-refractivity contribution >= 4 is 17.3 Å². The maximum atomic E-state index is 12.1. The second-order valence-corrected chi connectivity index (χ2v) is 4.76. The second kappa shape index (κ2) is 8.41. The number of nitrogen functional groups attached to an aromatic ring is 1. The third kappa shape index (κ3) is 6.40. The molecule has 0 fully saturated rings. The van der Waals surface area contributed by atoms with Gasteiger partial charge in [-0.1, -0.05) is 0 Å². The van der Waals surface area contributed by atoms with E-state index in [0.717, 1.165) is 0 Å². The lowest BCUT2D eigenvalue weighted by Gasteiger charge is -2.15. The summed E-state index contributed by atoms with van der Waals surface area (Å²) in [6.45, 7) is 0.156. The molecule has 118 valence electrons. The Morgan fingerprint density at radius 1 is 1.48 bits per heavy atom. The van der Waals surface area contributed by atoms with Crippen LogP contribution in [0.2, 0.25) is 0 Å². The topological polar surface area (TPSA) is 67.6 Å². The summed E-state index contributed by atoms with van der Waals surface area (Å²) in [5.74, 6) is 0.413. The molecule has 1 aromatic rings. The average Bonchev–Trinajstić information content (AvgIpc) is 2.40. The quantitative estimate of drug-likeness (QED) is 0.722. The van der Waals surface area contributed by atoms with Gasteiger partial charge in [0.1, 0.15) is 5.75 Å². The minimum atomic E-state index is -2.36. The van der Waals surface area contributed by atoms with E-state index in [9.17, 15) is 13.6 Å². The first-order valence-corrected chi connectivity index (χ1v) is 6.62. The number of anilines is 2. The van der Waals surface area contributed by atoms with Gasteiger partial charge >= 0.3 is 0 Å². The molecule has 0 saturated heterocycles. The van der Waals surface area contributed by atoms with E-state index in [4.69, 9.17) is 10.5 Å². The third-order valence-electron chi connectivity index (χ3n) is 2.93. The van der Waals surface area contributed by atoms with Gasteiger partial charge in [0.05, 0.1) is 25.0 Å². The molecule has 0 radical (unpaired) electrons. The fourth-order valence-electron chi connectivity index (χ4n) is 1.83. The van der Waals surface area contributed by atoms with Crippen LogP contribution in [0, 0.1) is 0 Å². The number of amides is 1. The van der Waals surface area contributed by atoms with Crippen molar-refractivity contribution in [2.75, 3.05) is 38.3 Å². The number of rotatable bonds is 8. The molecule has 3 N–H and O–H groups in total.